The molecule has 3 aromatic rings. The highest BCUT2D eigenvalue weighted by molar-refractivity contribution is 7.98. The number of thioether (sulfide) groups is 1. The van der Waals surface area contributed by atoms with E-state index >= 15 is 0 Å². The molecule has 3 N–H and O–H groups in total. The smallest absolute Gasteiger partial charge is 0.280 e. The molecule has 3 rings (SSSR count). The van der Waals surface area contributed by atoms with E-state index in [1.165, 1.54) is 11.8 Å². The van der Waals surface area contributed by atoms with E-state index in [0.29, 0.717) is 10.6 Å². The molecule has 7 nitrogen and oxygen atoms in total. The summed E-state index contributed by atoms with van der Waals surface area (Å²) in [4.78, 5) is 27.8. The summed E-state index contributed by atoms with van der Waals surface area (Å²) in [6, 6.07) is 10.3. The van der Waals surface area contributed by atoms with Gasteiger partial charge in [0.15, 0.2) is 5.65 Å². The van der Waals surface area contributed by atoms with Crippen LogP contribution in [0.25, 0.3) is 11.0 Å². The summed E-state index contributed by atoms with van der Waals surface area (Å²) in [5.74, 6) is -0.477. The highest BCUT2D eigenvalue weighted by Crippen LogP contribution is 2.24. The Labute approximate surface area is 134 Å². The summed E-state index contributed by atoms with van der Waals surface area (Å²) in [7, 11) is 0. The lowest BCUT2D eigenvalue weighted by Crippen LogP contribution is -2.17. The van der Waals surface area contributed by atoms with Crippen molar-refractivity contribution >= 4 is 34.5 Å². The maximum absolute atomic E-state index is 12.6. The van der Waals surface area contributed by atoms with Crippen LogP contribution in [-0.4, -0.2) is 26.9 Å². The largest absolute Gasteiger partial charge is 0.384 e. The minimum absolute atomic E-state index is 0.0836. The number of aromatic amines is 1. The number of rotatable bonds is 2. The minimum atomic E-state index is -0.532. The molecule has 0 saturated heterocycles. The molecule has 0 saturated carbocycles. The summed E-state index contributed by atoms with van der Waals surface area (Å²) in [5.41, 5.74) is 5.62. The lowest BCUT2D eigenvalue weighted by Gasteiger charge is -2.03. The number of nitrogen functional groups attached to an aromatic ring is 1. The molecular weight excluding hydrogens is 314 g/mol. The van der Waals surface area contributed by atoms with Crippen LogP contribution in [0.15, 0.2) is 40.2 Å². The van der Waals surface area contributed by atoms with Crippen LogP contribution in [0, 0.1) is 11.3 Å². The number of fused-ring (bicyclic) bond motifs is 1. The fourth-order valence-corrected chi connectivity index (χ4v) is 2.82. The van der Waals surface area contributed by atoms with Crippen molar-refractivity contribution in [1.82, 2.24) is 14.8 Å². The van der Waals surface area contributed by atoms with E-state index in [1.54, 1.807) is 42.7 Å². The third-order valence-corrected chi connectivity index (χ3v) is 4.02. The van der Waals surface area contributed by atoms with Gasteiger partial charge in [-0.1, -0.05) is 18.2 Å². The Morgan fingerprint density at radius 1 is 1.39 bits per heavy atom. The highest BCUT2D eigenvalue weighted by atomic mass is 32.2. The van der Waals surface area contributed by atoms with Crippen molar-refractivity contribution in [3.8, 4) is 6.07 Å². The molecule has 2 heterocycles. The van der Waals surface area contributed by atoms with Gasteiger partial charge in [0.1, 0.15) is 27.9 Å². The summed E-state index contributed by atoms with van der Waals surface area (Å²) in [6.07, 6.45) is 1.74. The van der Waals surface area contributed by atoms with Crippen LogP contribution in [0.5, 0.6) is 0 Å². The first-order valence-corrected chi connectivity index (χ1v) is 7.79. The third kappa shape index (κ3) is 2.27. The molecule has 0 amide bonds. The Balaban J connectivity index is 2.34. The van der Waals surface area contributed by atoms with Gasteiger partial charge in [-0.2, -0.15) is 15.0 Å². The molecule has 0 radical (unpaired) electrons. The average Bonchev–Trinajstić information content (AvgIpc) is 2.94. The topological polar surface area (TPSA) is 118 Å². The van der Waals surface area contributed by atoms with Gasteiger partial charge in [0.05, 0.1) is 0 Å². The number of carbonyl (C=O) groups excluding carboxylic acids is 1. The van der Waals surface area contributed by atoms with Crippen LogP contribution in [0.2, 0.25) is 0 Å². The van der Waals surface area contributed by atoms with E-state index in [2.05, 4.69) is 10.1 Å². The number of nitrogens with two attached hydrogens (primary N) is 1. The van der Waals surface area contributed by atoms with Gasteiger partial charge in [-0.3, -0.25) is 9.59 Å². The number of benzene rings is 1. The SMILES string of the molecule is CSc1nn(C(=O)c2ccccc2)c2[nH]c(N)c(C#N)c(=O)c12. The number of nitrogens with one attached hydrogen (secondary N) is 1. The highest BCUT2D eigenvalue weighted by Gasteiger charge is 2.22. The first-order valence-electron chi connectivity index (χ1n) is 6.56. The minimum Gasteiger partial charge on any atom is -0.384 e. The molecule has 8 heteroatoms. The van der Waals surface area contributed by atoms with Crippen molar-refractivity contribution in [3.63, 3.8) is 0 Å². The quantitative estimate of drug-likeness (QED) is 0.691. The first kappa shape index (κ1) is 14.9. The van der Waals surface area contributed by atoms with Crippen molar-refractivity contribution < 1.29 is 4.79 Å². The lowest BCUT2D eigenvalue weighted by molar-refractivity contribution is 0.0948. The van der Waals surface area contributed by atoms with Crippen LogP contribution in [0.1, 0.15) is 15.9 Å². The standard InChI is InChI=1S/C15H11N5O2S/c1-23-14-10-11(21)9(7-16)12(17)18-13(10)20(19-14)15(22)8-5-3-2-4-6-8/h2-6H,1H3,(H3,17,18,21). The Kier molecular flexibility index (Phi) is 3.64. The summed E-state index contributed by atoms with van der Waals surface area (Å²) in [6.45, 7) is 0. The van der Waals surface area contributed by atoms with Gasteiger partial charge in [0.2, 0.25) is 5.43 Å². The fourth-order valence-electron chi connectivity index (χ4n) is 2.26. The van der Waals surface area contributed by atoms with Crippen molar-refractivity contribution in [2.24, 2.45) is 0 Å². The number of hydrogen-bond donors (Lipinski definition) is 2. The van der Waals surface area contributed by atoms with Crippen LogP contribution < -0.4 is 11.2 Å². The number of hydrogen-bond acceptors (Lipinski definition) is 6. The Bertz CT molecular complexity index is 1010. The molecule has 1 aromatic carbocycles. The second kappa shape index (κ2) is 5.62. The zero-order valence-electron chi connectivity index (χ0n) is 12.0. The van der Waals surface area contributed by atoms with Gasteiger partial charge < -0.3 is 10.7 Å². The van der Waals surface area contributed by atoms with Gasteiger partial charge >= 0.3 is 0 Å². The number of aromatic nitrogens is 3. The Hall–Kier alpha value is -3.05. The molecule has 0 fully saturated rings. The molecule has 0 bridgehead atoms. The molecular formula is C15H11N5O2S. The third-order valence-electron chi connectivity index (χ3n) is 3.35. The number of H-pyrrole nitrogens is 1. The molecule has 23 heavy (non-hydrogen) atoms. The van der Waals surface area contributed by atoms with Gasteiger partial charge in [-0.05, 0) is 18.4 Å². The molecule has 0 spiro atoms. The monoisotopic (exact) mass is 325 g/mol. The summed E-state index contributed by atoms with van der Waals surface area (Å²) < 4.78 is 1.11. The van der Waals surface area contributed by atoms with Crippen LogP contribution in [-0.2, 0) is 0 Å². The zero-order chi connectivity index (χ0) is 16.6. The summed E-state index contributed by atoms with van der Waals surface area (Å²) in [5, 5.41) is 13.8. The molecule has 0 aliphatic rings. The van der Waals surface area contributed by atoms with E-state index in [0.717, 1.165) is 4.68 Å². The fraction of sp³-hybridized carbons (Fsp3) is 0.0667. The Morgan fingerprint density at radius 2 is 2.09 bits per heavy atom. The lowest BCUT2D eigenvalue weighted by atomic mass is 10.2. The molecule has 0 unspecified atom stereocenters. The van der Waals surface area contributed by atoms with Gasteiger partial charge in [0, 0.05) is 5.56 Å². The second-order valence-electron chi connectivity index (χ2n) is 4.67. The van der Waals surface area contributed by atoms with E-state index in [4.69, 9.17) is 11.0 Å². The molecule has 0 aliphatic carbocycles. The van der Waals surface area contributed by atoms with E-state index in [1.807, 2.05) is 0 Å². The molecule has 0 aliphatic heterocycles. The number of pyridine rings is 1. The second-order valence-corrected chi connectivity index (χ2v) is 5.47. The Morgan fingerprint density at radius 3 is 2.70 bits per heavy atom. The van der Waals surface area contributed by atoms with Crippen LogP contribution in [0.3, 0.4) is 0 Å². The van der Waals surface area contributed by atoms with Crippen molar-refractivity contribution in [1.29, 1.82) is 5.26 Å². The van der Waals surface area contributed by atoms with Crippen molar-refractivity contribution in [2.75, 3.05) is 12.0 Å². The van der Waals surface area contributed by atoms with Gasteiger partial charge in [-0.25, -0.2) is 0 Å². The van der Waals surface area contributed by atoms with E-state index < -0.39 is 11.3 Å². The number of anilines is 1. The molecule has 0 atom stereocenters. The van der Waals surface area contributed by atoms with Crippen molar-refractivity contribution in [2.45, 2.75) is 5.03 Å². The maximum Gasteiger partial charge on any atom is 0.280 e. The zero-order valence-corrected chi connectivity index (χ0v) is 12.8. The molecule has 114 valence electrons. The van der Waals surface area contributed by atoms with Crippen LogP contribution in [0.4, 0.5) is 5.82 Å². The average molecular weight is 325 g/mol. The maximum atomic E-state index is 12.6. The van der Waals surface area contributed by atoms with Crippen LogP contribution >= 0.6 is 11.8 Å². The predicted octanol–water partition coefficient (Wildman–Crippen LogP) is 1.59. The van der Waals surface area contributed by atoms with Crippen molar-refractivity contribution in [3.05, 3.63) is 51.7 Å². The summed E-state index contributed by atoms with van der Waals surface area (Å²) >= 11 is 1.22. The van der Waals surface area contributed by atoms with E-state index in [-0.39, 0.29) is 22.4 Å². The number of carbonyl (C=O) groups is 1. The number of nitrogens with zero attached hydrogens (tertiary/aromatic N) is 3. The van der Waals surface area contributed by atoms with Gasteiger partial charge in [-0.15, -0.1) is 11.8 Å². The predicted molar refractivity (Wildman–Crippen MR) is 87.4 cm³/mol. The normalized spacial score (nSPS) is 10.6. The van der Waals surface area contributed by atoms with Gasteiger partial charge in [0.25, 0.3) is 5.91 Å². The van der Waals surface area contributed by atoms with E-state index in [9.17, 15) is 9.59 Å². The molecule has 2 aromatic heterocycles. The number of nitriles is 1. The first-order chi connectivity index (χ1) is 11.1.